The Labute approximate surface area is 148 Å². The number of aliphatic imine (C=N–C) groups is 1. The van der Waals surface area contributed by atoms with Crippen LogP contribution in [-0.4, -0.2) is 33.3 Å². The van der Waals surface area contributed by atoms with Crippen molar-refractivity contribution in [2.24, 2.45) is 12.0 Å². The first-order chi connectivity index (χ1) is 11.4. The molecule has 132 valence electrons. The number of hydrogen-bond acceptors (Lipinski definition) is 4. The van der Waals surface area contributed by atoms with Crippen LogP contribution in [0.3, 0.4) is 0 Å². The van der Waals surface area contributed by atoms with Crippen molar-refractivity contribution in [1.82, 2.24) is 25.4 Å². The molecule has 0 fully saturated rings. The highest BCUT2D eigenvalue weighted by Gasteiger charge is 2.14. The van der Waals surface area contributed by atoms with Gasteiger partial charge in [-0.05, 0) is 46.6 Å². The Morgan fingerprint density at radius 3 is 2.62 bits per heavy atom. The van der Waals surface area contributed by atoms with Gasteiger partial charge < -0.3 is 10.6 Å². The lowest BCUT2D eigenvalue weighted by atomic mass is 10.1. The molecule has 2 aromatic heterocycles. The second-order valence-electron chi connectivity index (χ2n) is 6.08. The Bertz CT molecular complexity index is 700. The van der Waals surface area contributed by atoms with Crippen molar-refractivity contribution in [2.75, 3.05) is 6.54 Å². The number of nitrogens with one attached hydrogen (secondary N) is 2. The number of aryl methyl sites for hydroxylation is 3. The van der Waals surface area contributed by atoms with Gasteiger partial charge in [0.15, 0.2) is 5.96 Å². The molecule has 0 aliphatic carbocycles. The summed E-state index contributed by atoms with van der Waals surface area (Å²) in [7, 11) is 1.99. The molecular weight excluding hydrogens is 320 g/mol. The summed E-state index contributed by atoms with van der Waals surface area (Å²) in [6, 6.07) is 0.270. The first-order valence-corrected chi connectivity index (χ1v) is 9.23. The van der Waals surface area contributed by atoms with Crippen LogP contribution in [0.25, 0.3) is 0 Å². The van der Waals surface area contributed by atoms with Crippen molar-refractivity contribution < 1.29 is 0 Å². The second-order valence-corrected chi connectivity index (χ2v) is 7.02. The molecule has 0 saturated heterocycles. The van der Waals surface area contributed by atoms with Gasteiger partial charge in [0.1, 0.15) is 0 Å². The number of thiazole rings is 1. The minimum Gasteiger partial charge on any atom is -0.357 e. The first-order valence-electron chi connectivity index (χ1n) is 8.35. The van der Waals surface area contributed by atoms with Gasteiger partial charge in [-0.2, -0.15) is 5.10 Å². The van der Waals surface area contributed by atoms with Gasteiger partial charge in [0.05, 0.1) is 23.4 Å². The van der Waals surface area contributed by atoms with Crippen LogP contribution in [0.5, 0.6) is 0 Å². The highest BCUT2D eigenvalue weighted by Crippen LogP contribution is 2.15. The number of hydrogen-bond donors (Lipinski definition) is 2. The Morgan fingerprint density at radius 2 is 2.08 bits per heavy atom. The van der Waals surface area contributed by atoms with E-state index in [0.717, 1.165) is 30.3 Å². The Hall–Kier alpha value is -1.89. The molecule has 2 N–H and O–H groups in total. The van der Waals surface area contributed by atoms with E-state index in [4.69, 9.17) is 4.99 Å². The molecule has 0 bridgehead atoms. The maximum absolute atomic E-state index is 4.69. The highest BCUT2D eigenvalue weighted by atomic mass is 32.1. The van der Waals surface area contributed by atoms with Gasteiger partial charge in [0, 0.05) is 30.2 Å². The van der Waals surface area contributed by atoms with Gasteiger partial charge in [-0.1, -0.05) is 0 Å². The SMILES string of the molecule is CCNC(=NCc1scnc1C)NC(C)Cc1c(C)nn(C)c1C. The first kappa shape index (κ1) is 18.4. The van der Waals surface area contributed by atoms with E-state index in [0.29, 0.717) is 6.54 Å². The maximum Gasteiger partial charge on any atom is 0.191 e. The molecule has 0 aliphatic rings. The number of rotatable bonds is 6. The molecule has 0 saturated carbocycles. The average molecular weight is 349 g/mol. The zero-order chi connectivity index (χ0) is 17.7. The zero-order valence-corrected chi connectivity index (χ0v) is 16.3. The van der Waals surface area contributed by atoms with Crippen LogP contribution in [0.2, 0.25) is 0 Å². The van der Waals surface area contributed by atoms with E-state index in [1.54, 1.807) is 11.3 Å². The highest BCUT2D eigenvalue weighted by molar-refractivity contribution is 7.09. The smallest absolute Gasteiger partial charge is 0.191 e. The van der Waals surface area contributed by atoms with E-state index in [-0.39, 0.29) is 6.04 Å². The minimum absolute atomic E-state index is 0.270. The quantitative estimate of drug-likeness (QED) is 0.622. The van der Waals surface area contributed by atoms with E-state index in [1.165, 1.54) is 16.1 Å². The lowest BCUT2D eigenvalue weighted by Crippen LogP contribution is -2.43. The number of guanidine groups is 1. The van der Waals surface area contributed by atoms with Gasteiger partial charge >= 0.3 is 0 Å². The Balaban J connectivity index is 2.02. The monoisotopic (exact) mass is 348 g/mol. The molecule has 24 heavy (non-hydrogen) atoms. The summed E-state index contributed by atoms with van der Waals surface area (Å²) in [5.74, 6) is 0.844. The van der Waals surface area contributed by atoms with E-state index < -0.39 is 0 Å². The van der Waals surface area contributed by atoms with Crippen molar-refractivity contribution in [3.8, 4) is 0 Å². The average Bonchev–Trinajstić information content (AvgIpc) is 3.03. The standard InChI is InChI=1S/C17H28N6S/c1-7-18-17(19-9-16-13(4)20-10-24-16)21-11(2)8-15-12(3)22-23(6)14(15)5/h10-11H,7-9H2,1-6H3,(H2,18,19,21). The van der Waals surface area contributed by atoms with Crippen molar-refractivity contribution >= 4 is 17.3 Å². The van der Waals surface area contributed by atoms with Crippen molar-refractivity contribution in [3.63, 3.8) is 0 Å². The van der Waals surface area contributed by atoms with Crippen molar-refractivity contribution in [1.29, 1.82) is 0 Å². The molecule has 6 nitrogen and oxygen atoms in total. The lowest BCUT2D eigenvalue weighted by Gasteiger charge is -2.18. The zero-order valence-electron chi connectivity index (χ0n) is 15.5. The van der Waals surface area contributed by atoms with Crippen LogP contribution < -0.4 is 10.6 Å². The van der Waals surface area contributed by atoms with E-state index in [1.807, 2.05) is 24.2 Å². The van der Waals surface area contributed by atoms with Crippen LogP contribution in [0.15, 0.2) is 10.5 Å². The molecule has 0 amide bonds. The molecule has 0 aliphatic heterocycles. The molecule has 0 radical (unpaired) electrons. The van der Waals surface area contributed by atoms with E-state index in [2.05, 4.69) is 48.4 Å². The summed E-state index contributed by atoms with van der Waals surface area (Å²) in [5.41, 5.74) is 6.58. The summed E-state index contributed by atoms with van der Waals surface area (Å²) in [6.07, 6.45) is 0.926. The molecule has 2 rings (SSSR count). The normalized spacial score (nSPS) is 13.2. The van der Waals surface area contributed by atoms with E-state index >= 15 is 0 Å². The summed E-state index contributed by atoms with van der Waals surface area (Å²) >= 11 is 1.65. The van der Waals surface area contributed by atoms with Crippen LogP contribution in [0.4, 0.5) is 0 Å². The summed E-state index contributed by atoms with van der Waals surface area (Å²) in [5, 5.41) is 11.3. The van der Waals surface area contributed by atoms with Crippen LogP contribution in [0.1, 0.15) is 41.4 Å². The van der Waals surface area contributed by atoms with Crippen molar-refractivity contribution in [3.05, 3.63) is 33.0 Å². The fourth-order valence-electron chi connectivity index (χ4n) is 2.65. The van der Waals surface area contributed by atoms with Crippen LogP contribution in [-0.2, 0) is 20.0 Å². The molecule has 2 heterocycles. The molecule has 0 aromatic carbocycles. The fourth-order valence-corrected chi connectivity index (χ4v) is 3.35. The third-order valence-corrected chi connectivity index (χ3v) is 5.04. The molecule has 1 unspecified atom stereocenters. The second kappa shape index (κ2) is 8.28. The number of aromatic nitrogens is 3. The lowest BCUT2D eigenvalue weighted by molar-refractivity contribution is 0.636. The van der Waals surface area contributed by atoms with Gasteiger partial charge in [-0.25, -0.2) is 9.98 Å². The fraction of sp³-hybridized carbons (Fsp3) is 0.588. The summed E-state index contributed by atoms with van der Waals surface area (Å²) in [6.45, 7) is 12.0. The maximum atomic E-state index is 4.69. The molecular formula is C17H28N6S. The van der Waals surface area contributed by atoms with Crippen LogP contribution >= 0.6 is 11.3 Å². The number of nitrogens with zero attached hydrogens (tertiary/aromatic N) is 4. The predicted octanol–water partition coefficient (Wildman–Crippen LogP) is 2.49. The van der Waals surface area contributed by atoms with E-state index in [9.17, 15) is 0 Å². The topological polar surface area (TPSA) is 67.1 Å². The largest absolute Gasteiger partial charge is 0.357 e. The van der Waals surface area contributed by atoms with Gasteiger partial charge in [-0.3, -0.25) is 4.68 Å². The summed E-state index contributed by atoms with van der Waals surface area (Å²) < 4.78 is 1.95. The molecule has 2 aromatic rings. The molecule has 1 atom stereocenters. The molecule has 0 spiro atoms. The predicted molar refractivity (Wildman–Crippen MR) is 101 cm³/mol. The minimum atomic E-state index is 0.270. The Morgan fingerprint density at radius 1 is 1.33 bits per heavy atom. The van der Waals surface area contributed by atoms with Crippen molar-refractivity contribution in [2.45, 2.75) is 53.6 Å². The third-order valence-electron chi connectivity index (χ3n) is 4.12. The molecule has 7 heteroatoms. The summed E-state index contributed by atoms with van der Waals surface area (Å²) in [4.78, 5) is 10.2. The van der Waals surface area contributed by atoms with Gasteiger partial charge in [0.2, 0.25) is 0 Å². The van der Waals surface area contributed by atoms with Gasteiger partial charge in [0.25, 0.3) is 0 Å². The third kappa shape index (κ3) is 4.56. The van der Waals surface area contributed by atoms with Crippen LogP contribution in [0, 0.1) is 20.8 Å². The van der Waals surface area contributed by atoms with Gasteiger partial charge in [-0.15, -0.1) is 11.3 Å². The Kier molecular flexibility index (Phi) is 6.36.